The molecule has 2 amide bonds. The SMILES string of the molecule is CC(=O)c1[nH]nc2c(C)cc(-c3cnc(C)nc3)c(CC(=O)N3[C@H](C(=O)NCCc4ccccc4)C[C@@]4(C)C[C@@H]34)c12. The van der Waals surface area contributed by atoms with Crippen LogP contribution in [0.2, 0.25) is 0 Å². The lowest BCUT2D eigenvalue weighted by atomic mass is 9.91. The minimum Gasteiger partial charge on any atom is -0.354 e. The Hall–Kier alpha value is -4.40. The van der Waals surface area contributed by atoms with Crippen molar-refractivity contribution in [2.24, 2.45) is 5.41 Å². The summed E-state index contributed by atoms with van der Waals surface area (Å²) in [6.07, 6.45) is 5.76. The number of rotatable bonds is 8. The summed E-state index contributed by atoms with van der Waals surface area (Å²) in [5.74, 6) is 0.235. The van der Waals surface area contributed by atoms with Crippen LogP contribution in [-0.2, 0) is 22.4 Å². The molecule has 210 valence electrons. The van der Waals surface area contributed by atoms with Crippen LogP contribution in [0, 0.1) is 19.3 Å². The van der Waals surface area contributed by atoms with E-state index in [4.69, 9.17) is 0 Å². The van der Waals surface area contributed by atoms with Gasteiger partial charge in [-0.2, -0.15) is 5.10 Å². The van der Waals surface area contributed by atoms with Gasteiger partial charge in [0.05, 0.1) is 11.9 Å². The molecule has 3 atom stereocenters. The Bertz CT molecular complexity index is 1660. The van der Waals surface area contributed by atoms with Gasteiger partial charge in [-0.1, -0.05) is 37.3 Å². The van der Waals surface area contributed by atoms with Gasteiger partial charge in [-0.05, 0) is 66.8 Å². The Balaban J connectivity index is 1.32. The van der Waals surface area contributed by atoms with Crippen LogP contribution in [-0.4, -0.2) is 61.3 Å². The predicted molar refractivity (Wildman–Crippen MR) is 155 cm³/mol. The van der Waals surface area contributed by atoms with Gasteiger partial charge in [0, 0.05) is 42.9 Å². The number of amides is 2. The van der Waals surface area contributed by atoms with Crippen molar-refractivity contribution in [2.45, 2.75) is 65.5 Å². The summed E-state index contributed by atoms with van der Waals surface area (Å²) in [7, 11) is 0. The van der Waals surface area contributed by atoms with E-state index in [1.54, 1.807) is 17.3 Å². The molecule has 2 N–H and O–H groups in total. The number of fused-ring (bicyclic) bond motifs is 2. The molecule has 1 aliphatic carbocycles. The summed E-state index contributed by atoms with van der Waals surface area (Å²) < 4.78 is 0. The summed E-state index contributed by atoms with van der Waals surface area (Å²) in [5, 5.41) is 11.0. The second kappa shape index (κ2) is 10.2. The van der Waals surface area contributed by atoms with Gasteiger partial charge in [0.2, 0.25) is 11.8 Å². The molecule has 9 nitrogen and oxygen atoms in total. The molecule has 1 saturated heterocycles. The molecule has 2 fully saturated rings. The van der Waals surface area contributed by atoms with Crippen LogP contribution in [0.5, 0.6) is 0 Å². The summed E-state index contributed by atoms with van der Waals surface area (Å²) >= 11 is 0. The van der Waals surface area contributed by atoms with Crippen LogP contribution in [0.3, 0.4) is 0 Å². The van der Waals surface area contributed by atoms with Gasteiger partial charge in [0.15, 0.2) is 5.78 Å². The molecular weight excluding hydrogens is 516 g/mol. The molecule has 6 rings (SSSR count). The first-order chi connectivity index (χ1) is 19.7. The number of H-pyrrole nitrogens is 1. The van der Waals surface area contributed by atoms with Crippen molar-refractivity contribution >= 4 is 28.5 Å². The van der Waals surface area contributed by atoms with E-state index in [2.05, 4.69) is 32.4 Å². The molecule has 2 aromatic carbocycles. The number of aryl methyl sites for hydroxylation is 2. The fourth-order valence-electron chi connectivity index (χ4n) is 6.35. The van der Waals surface area contributed by atoms with E-state index in [1.165, 1.54) is 6.92 Å². The third-order valence-corrected chi connectivity index (χ3v) is 8.68. The summed E-state index contributed by atoms with van der Waals surface area (Å²) in [6.45, 7) is 7.90. The number of nitrogens with zero attached hydrogens (tertiary/aromatic N) is 4. The molecule has 1 saturated carbocycles. The lowest BCUT2D eigenvalue weighted by Gasteiger charge is -2.27. The highest BCUT2D eigenvalue weighted by atomic mass is 16.2. The first kappa shape index (κ1) is 26.8. The number of aromatic amines is 1. The number of hydrogen-bond acceptors (Lipinski definition) is 6. The molecule has 3 heterocycles. The Morgan fingerprint density at radius 2 is 1.83 bits per heavy atom. The van der Waals surface area contributed by atoms with E-state index in [0.717, 1.165) is 35.1 Å². The molecule has 0 unspecified atom stereocenters. The topological polar surface area (TPSA) is 121 Å². The number of ketones is 1. The fraction of sp³-hybridized carbons (Fsp3) is 0.375. The second-order valence-corrected chi connectivity index (χ2v) is 11.7. The van der Waals surface area contributed by atoms with Crippen LogP contribution in [0.15, 0.2) is 48.8 Å². The lowest BCUT2D eigenvalue weighted by Crippen LogP contribution is -2.48. The molecule has 0 spiro atoms. The quantitative estimate of drug-likeness (QED) is 0.319. The fourth-order valence-corrected chi connectivity index (χ4v) is 6.35. The lowest BCUT2D eigenvalue weighted by molar-refractivity contribution is -0.139. The molecule has 4 aromatic rings. The molecule has 2 aromatic heterocycles. The highest BCUT2D eigenvalue weighted by molar-refractivity contribution is 6.09. The number of carbonyl (C=O) groups excluding carboxylic acids is 3. The number of aromatic nitrogens is 4. The summed E-state index contributed by atoms with van der Waals surface area (Å²) in [6, 6.07) is 11.5. The highest BCUT2D eigenvalue weighted by Crippen LogP contribution is 2.59. The van der Waals surface area contributed by atoms with E-state index in [9.17, 15) is 14.4 Å². The monoisotopic (exact) mass is 550 g/mol. The smallest absolute Gasteiger partial charge is 0.242 e. The summed E-state index contributed by atoms with van der Waals surface area (Å²) in [4.78, 5) is 50.7. The minimum atomic E-state index is -0.522. The maximum Gasteiger partial charge on any atom is 0.242 e. The summed E-state index contributed by atoms with van der Waals surface area (Å²) in [5.41, 5.74) is 5.24. The normalized spacial score (nSPS) is 21.1. The van der Waals surface area contributed by atoms with E-state index in [-0.39, 0.29) is 35.5 Å². The van der Waals surface area contributed by atoms with Crippen molar-refractivity contribution in [3.63, 3.8) is 0 Å². The average molecular weight is 551 g/mol. The molecule has 2 aliphatic rings. The number of hydrogen-bond donors (Lipinski definition) is 2. The zero-order chi connectivity index (χ0) is 28.9. The van der Waals surface area contributed by atoms with Gasteiger partial charge in [-0.15, -0.1) is 0 Å². The van der Waals surface area contributed by atoms with E-state index in [0.29, 0.717) is 41.0 Å². The third kappa shape index (κ3) is 4.90. The molecular formula is C32H34N6O3. The van der Waals surface area contributed by atoms with Gasteiger partial charge in [0.1, 0.15) is 17.6 Å². The first-order valence-corrected chi connectivity index (χ1v) is 14.1. The van der Waals surface area contributed by atoms with Gasteiger partial charge in [-0.25, -0.2) is 9.97 Å². The van der Waals surface area contributed by atoms with Crippen molar-refractivity contribution in [3.8, 4) is 11.1 Å². The first-order valence-electron chi connectivity index (χ1n) is 14.1. The Kier molecular flexibility index (Phi) is 6.68. The maximum absolute atomic E-state index is 14.2. The minimum absolute atomic E-state index is 0.0280. The molecule has 0 radical (unpaired) electrons. The van der Waals surface area contributed by atoms with Crippen molar-refractivity contribution in [3.05, 3.63) is 77.0 Å². The molecule has 0 bridgehead atoms. The standard InChI is InChI=1S/C32H34N6O3/c1-18-12-23(22-16-34-20(3)35-17-22)24(28-29(18)36-37-30(28)19(2)39)13-27(40)38-25(14-32(4)15-26(32)38)31(41)33-11-10-21-8-6-5-7-9-21/h5-9,12,16-17,25-26H,10-11,13-15H2,1-4H3,(H,33,41)(H,36,37)/t25-,26+,32-/m0/s1. The Morgan fingerprint density at radius 1 is 1.10 bits per heavy atom. The van der Waals surface area contributed by atoms with Gasteiger partial charge < -0.3 is 10.2 Å². The number of likely N-dealkylation sites (tertiary alicyclic amines) is 1. The maximum atomic E-state index is 14.2. The van der Waals surface area contributed by atoms with Crippen molar-refractivity contribution in [1.29, 1.82) is 0 Å². The molecule has 41 heavy (non-hydrogen) atoms. The van der Waals surface area contributed by atoms with E-state index < -0.39 is 6.04 Å². The molecule has 9 heteroatoms. The second-order valence-electron chi connectivity index (χ2n) is 11.7. The highest BCUT2D eigenvalue weighted by Gasteiger charge is 2.64. The van der Waals surface area contributed by atoms with Crippen molar-refractivity contribution in [2.75, 3.05) is 6.54 Å². The zero-order valence-electron chi connectivity index (χ0n) is 23.8. The number of piperidine rings is 1. The van der Waals surface area contributed by atoms with Crippen LogP contribution in [0.25, 0.3) is 22.0 Å². The van der Waals surface area contributed by atoms with Gasteiger partial charge >= 0.3 is 0 Å². The van der Waals surface area contributed by atoms with Gasteiger partial charge in [-0.3, -0.25) is 19.5 Å². The number of carbonyl (C=O) groups is 3. The number of Topliss-reactive ketones (excluding diaryl/α,β-unsaturated/α-hetero) is 1. The van der Waals surface area contributed by atoms with Crippen molar-refractivity contribution < 1.29 is 14.4 Å². The Morgan fingerprint density at radius 3 is 2.54 bits per heavy atom. The number of benzene rings is 2. The molecule has 1 aliphatic heterocycles. The third-order valence-electron chi connectivity index (χ3n) is 8.68. The van der Waals surface area contributed by atoms with Crippen LogP contribution >= 0.6 is 0 Å². The van der Waals surface area contributed by atoms with Crippen LogP contribution in [0.4, 0.5) is 0 Å². The van der Waals surface area contributed by atoms with Crippen molar-refractivity contribution in [1.82, 2.24) is 30.4 Å². The number of nitrogens with one attached hydrogen (secondary N) is 2. The van der Waals surface area contributed by atoms with E-state index >= 15 is 0 Å². The van der Waals surface area contributed by atoms with Crippen LogP contribution < -0.4 is 5.32 Å². The van der Waals surface area contributed by atoms with Crippen LogP contribution in [0.1, 0.15) is 59.7 Å². The average Bonchev–Trinajstić information content (AvgIpc) is 3.28. The van der Waals surface area contributed by atoms with E-state index in [1.807, 2.05) is 50.2 Å². The largest absolute Gasteiger partial charge is 0.354 e. The Labute approximate surface area is 238 Å². The zero-order valence-corrected chi connectivity index (χ0v) is 23.8. The predicted octanol–water partition coefficient (Wildman–Crippen LogP) is 4.12. The van der Waals surface area contributed by atoms with Gasteiger partial charge in [0.25, 0.3) is 0 Å².